The summed E-state index contributed by atoms with van der Waals surface area (Å²) in [6.45, 7) is 0. The molecule has 0 saturated heterocycles. The molecule has 0 heterocycles. The fourth-order valence-electron chi connectivity index (χ4n) is 1.37. The fraction of sp³-hybridized carbons (Fsp3) is 0.182. The molecule has 1 amide bonds. The lowest BCUT2D eigenvalue weighted by molar-refractivity contribution is -0.117. The maximum absolute atomic E-state index is 11.4. The summed E-state index contributed by atoms with van der Waals surface area (Å²) in [4.78, 5) is 24.6. The molecule has 17 heavy (non-hydrogen) atoms. The number of rotatable bonds is 5. The molecular formula is C11H11N3O3. The van der Waals surface area contributed by atoms with Crippen LogP contribution in [-0.2, 0) is 11.2 Å². The molecule has 0 saturated carbocycles. The summed E-state index contributed by atoms with van der Waals surface area (Å²) in [6.07, 6.45) is -0.410. The molecule has 0 aliphatic rings. The van der Waals surface area contributed by atoms with E-state index in [2.05, 4.69) is 10.1 Å². The topological polar surface area (TPSA) is 103 Å². The number of nitrogens with zero attached hydrogens (tertiary/aromatic N) is 2. The van der Waals surface area contributed by atoms with Crippen molar-refractivity contribution in [3.05, 3.63) is 41.4 Å². The molecule has 0 radical (unpaired) electrons. The third kappa shape index (κ3) is 4.27. The number of amides is 1. The largest absolute Gasteiger partial charge is 0.465 e. The predicted octanol–water partition coefficient (Wildman–Crippen LogP) is 0.735. The zero-order valence-corrected chi connectivity index (χ0v) is 8.91. The van der Waals surface area contributed by atoms with Gasteiger partial charge in [0.15, 0.2) is 0 Å². The van der Waals surface area contributed by atoms with Gasteiger partial charge >= 0.3 is 12.3 Å². The van der Waals surface area contributed by atoms with Crippen molar-refractivity contribution in [3.63, 3.8) is 0 Å². The van der Waals surface area contributed by atoms with Crippen LogP contribution >= 0.6 is 0 Å². The number of ketones is 1. The van der Waals surface area contributed by atoms with Crippen molar-refractivity contribution in [3.8, 4) is 0 Å². The molecule has 2 N–H and O–H groups in total. The Balaban J connectivity index is 2.80. The molecule has 0 aliphatic heterocycles. The number of carboxylic acid groups (broad SMARTS) is 1. The van der Waals surface area contributed by atoms with Crippen LogP contribution in [0, 0.1) is 0 Å². The zero-order valence-electron chi connectivity index (χ0n) is 8.91. The van der Waals surface area contributed by atoms with Crippen LogP contribution in [0.3, 0.4) is 0 Å². The molecule has 1 aromatic rings. The fourth-order valence-corrected chi connectivity index (χ4v) is 1.37. The summed E-state index contributed by atoms with van der Waals surface area (Å²) in [6, 6.07) is 8.00. The average molecular weight is 233 g/mol. The normalized spacial score (nSPS) is 11.1. The average Bonchev–Trinajstić information content (AvgIpc) is 2.29. The number of Topliss-reactive ketones (excluding diaryl/α,β-unsaturated/α-hetero) is 1. The molecule has 0 aromatic heterocycles. The summed E-state index contributed by atoms with van der Waals surface area (Å²) in [5, 5.41) is 10.7. The van der Waals surface area contributed by atoms with Gasteiger partial charge in [0, 0.05) is 6.42 Å². The zero-order chi connectivity index (χ0) is 12.7. The SMILES string of the molecule is [N-]=[N+]=CC(=O)C(Cc1ccccc1)NC(=O)O. The van der Waals surface area contributed by atoms with E-state index in [0.717, 1.165) is 5.56 Å². The third-order valence-electron chi connectivity index (χ3n) is 2.11. The number of nitrogens with one attached hydrogen (secondary N) is 1. The van der Waals surface area contributed by atoms with Crippen LogP contribution in [0.5, 0.6) is 0 Å². The molecule has 0 bridgehead atoms. The van der Waals surface area contributed by atoms with Crippen molar-refractivity contribution in [1.82, 2.24) is 5.32 Å². The lowest BCUT2D eigenvalue weighted by atomic mass is 10.0. The van der Waals surface area contributed by atoms with E-state index >= 15 is 0 Å². The van der Waals surface area contributed by atoms with Gasteiger partial charge in [-0.1, -0.05) is 30.3 Å². The molecule has 1 atom stereocenters. The molecule has 1 rings (SSSR count). The summed E-state index contributed by atoms with van der Waals surface area (Å²) < 4.78 is 0. The number of carbonyl (C=O) groups is 2. The molecular weight excluding hydrogens is 222 g/mol. The van der Waals surface area contributed by atoms with Gasteiger partial charge in [-0.05, 0) is 5.56 Å². The minimum absolute atomic E-state index is 0.206. The highest BCUT2D eigenvalue weighted by Gasteiger charge is 2.22. The third-order valence-corrected chi connectivity index (χ3v) is 2.11. The van der Waals surface area contributed by atoms with Crippen molar-refractivity contribution >= 4 is 18.1 Å². The Morgan fingerprint density at radius 1 is 1.41 bits per heavy atom. The van der Waals surface area contributed by atoms with Gasteiger partial charge in [0.2, 0.25) is 0 Å². The van der Waals surface area contributed by atoms with E-state index in [1.165, 1.54) is 0 Å². The van der Waals surface area contributed by atoms with Crippen molar-refractivity contribution in [1.29, 1.82) is 0 Å². The Morgan fingerprint density at radius 3 is 2.59 bits per heavy atom. The van der Waals surface area contributed by atoms with Gasteiger partial charge in [-0.2, -0.15) is 4.79 Å². The quantitative estimate of drug-likeness (QED) is 0.445. The number of hydrogen-bond donors (Lipinski definition) is 2. The van der Waals surface area contributed by atoms with E-state index in [1.54, 1.807) is 24.3 Å². The molecule has 6 nitrogen and oxygen atoms in total. The van der Waals surface area contributed by atoms with Crippen LogP contribution in [0.2, 0.25) is 0 Å². The Hall–Kier alpha value is -2.46. The highest BCUT2D eigenvalue weighted by Crippen LogP contribution is 2.03. The van der Waals surface area contributed by atoms with Gasteiger partial charge in [-0.3, -0.25) is 4.79 Å². The lowest BCUT2D eigenvalue weighted by Crippen LogP contribution is -2.42. The monoisotopic (exact) mass is 233 g/mol. The molecule has 6 heteroatoms. The van der Waals surface area contributed by atoms with Crippen LogP contribution in [0.15, 0.2) is 30.3 Å². The van der Waals surface area contributed by atoms with Crippen LogP contribution in [0.4, 0.5) is 4.79 Å². The van der Waals surface area contributed by atoms with Crippen LogP contribution in [-0.4, -0.2) is 34.0 Å². The van der Waals surface area contributed by atoms with Crippen LogP contribution in [0.1, 0.15) is 5.56 Å². The summed E-state index contributed by atoms with van der Waals surface area (Å²) in [5.41, 5.74) is 9.07. The van der Waals surface area contributed by atoms with E-state index in [9.17, 15) is 9.59 Å². The van der Waals surface area contributed by atoms with Gasteiger partial charge < -0.3 is 16.0 Å². The molecule has 0 aliphatic carbocycles. The smallest absolute Gasteiger partial charge is 0.405 e. The Morgan fingerprint density at radius 2 is 2.06 bits per heavy atom. The van der Waals surface area contributed by atoms with Crippen LogP contribution in [0.25, 0.3) is 5.53 Å². The first-order chi connectivity index (χ1) is 8.13. The van der Waals surface area contributed by atoms with E-state index < -0.39 is 17.9 Å². The standard InChI is InChI=1S/C11H11N3O3/c12-13-7-10(15)9(14-11(16)17)6-8-4-2-1-3-5-8/h1-5,7,9,14H,6H2,(H,16,17). The Bertz CT molecular complexity index is 452. The number of hydrogen-bond acceptors (Lipinski definition) is 2. The van der Waals surface area contributed by atoms with Crippen molar-refractivity contribution in [2.24, 2.45) is 0 Å². The second kappa shape index (κ2) is 6.19. The van der Waals surface area contributed by atoms with Gasteiger partial charge in [-0.25, -0.2) is 4.79 Å². The van der Waals surface area contributed by atoms with Gasteiger partial charge in [-0.15, -0.1) is 0 Å². The molecule has 88 valence electrons. The maximum Gasteiger partial charge on any atom is 0.405 e. The summed E-state index contributed by atoms with van der Waals surface area (Å²) in [7, 11) is 0. The summed E-state index contributed by atoms with van der Waals surface area (Å²) >= 11 is 0. The van der Waals surface area contributed by atoms with Crippen LogP contribution < -0.4 is 5.32 Å². The second-order valence-electron chi connectivity index (χ2n) is 3.34. The highest BCUT2D eigenvalue weighted by atomic mass is 16.4. The first kappa shape index (κ1) is 12.6. The number of carbonyl (C=O) groups excluding carboxylic acids is 1. The minimum Gasteiger partial charge on any atom is -0.465 e. The molecule has 0 spiro atoms. The van der Waals surface area contributed by atoms with Crippen molar-refractivity contribution in [2.75, 3.05) is 0 Å². The molecule has 0 fully saturated rings. The van der Waals surface area contributed by atoms with E-state index in [4.69, 9.17) is 10.6 Å². The minimum atomic E-state index is -1.30. The Kier molecular flexibility index (Phi) is 4.59. The Labute approximate surface area is 97.5 Å². The van der Waals surface area contributed by atoms with Crippen molar-refractivity contribution in [2.45, 2.75) is 12.5 Å². The van der Waals surface area contributed by atoms with E-state index in [-0.39, 0.29) is 6.42 Å². The van der Waals surface area contributed by atoms with Gasteiger partial charge in [0.1, 0.15) is 6.04 Å². The first-order valence-electron chi connectivity index (χ1n) is 4.88. The molecule has 1 aromatic carbocycles. The predicted molar refractivity (Wildman–Crippen MR) is 59.8 cm³/mol. The second-order valence-corrected chi connectivity index (χ2v) is 3.34. The maximum atomic E-state index is 11.4. The van der Waals surface area contributed by atoms with Gasteiger partial charge in [0.25, 0.3) is 5.78 Å². The van der Waals surface area contributed by atoms with E-state index in [1.807, 2.05) is 6.07 Å². The highest BCUT2D eigenvalue weighted by molar-refractivity contribution is 6.28. The molecule has 1 unspecified atom stereocenters. The van der Waals surface area contributed by atoms with Gasteiger partial charge in [0.05, 0.1) is 0 Å². The van der Waals surface area contributed by atoms with Crippen molar-refractivity contribution < 1.29 is 19.5 Å². The summed E-state index contributed by atoms with van der Waals surface area (Å²) in [5.74, 6) is -0.598. The number of benzene rings is 1. The first-order valence-corrected chi connectivity index (χ1v) is 4.88. The lowest BCUT2D eigenvalue weighted by Gasteiger charge is -2.11. The van der Waals surface area contributed by atoms with E-state index in [0.29, 0.717) is 6.21 Å².